The fourth-order valence-electron chi connectivity index (χ4n) is 3.20. The quantitative estimate of drug-likeness (QED) is 0.795. The predicted octanol–water partition coefficient (Wildman–Crippen LogP) is 2.70. The van der Waals surface area contributed by atoms with Gasteiger partial charge in [-0.05, 0) is 38.1 Å². The number of alkyl halides is 1. The molecule has 20 heavy (non-hydrogen) atoms. The van der Waals surface area contributed by atoms with E-state index in [9.17, 15) is 0 Å². The minimum Gasteiger partial charge on any atom is -0.311 e. The average Bonchev–Trinajstić information content (AvgIpc) is 3.05. The zero-order chi connectivity index (χ0) is 13.9. The fraction of sp³-hybridized carbons (Fsp3) is 0.600. The van der Waals surface area contributed by atoms with E-state index in [1.54, 1.807) is 0 Å². The molecule has 0 saturated carbocycles. The van der Waals surface area contributed by atoms with Crippen LogP contribution in [0.3, 0.4) is 0 Å². The van der Waals surface area contributed by atoms with Gasteiger partial charge in [0.25, 0.3) is 0 Å². The third-order valence-electron chi connectivity index (χ3n) is 4.20. The summed E-state index contributed by atoms with van der Waals surface area (Å²) >= 11 is 5.92. The maximum atomic E-state index is 5.92. The number of likely N-dealkylation sites (N-methyl/N-ethyl adjacent to an activating group) is 1. The number of rotatable bonds is 5. The molecule has 0 radical (unpaired) electrons. The van der Waals surface area contributed by atoms with E-state index < -0.39 is 0 Å². The van der Waals surface area contributed by atoms with E-state index in [0.29, 0.717) is 11.9 Å². The molecule has 0 amide bonds. The van der Waals surface area contributed by atoms with Crippen LogP contribution in [0.1, 0.15) is 25.6 Å². The van der Waals surface area contributed by atoms with Gasteiger partial charge in [0.1, 0.15) is 11.3 Å². The lowest BCUT2D eigenvalue weighted by atomic mass is 10.2. The Hall–Kier alpha value is -1.13. The Labute approximate surface area is 124 Å². The van der Waals surface area contributed by atoms with Crippen LogP contribution in [0, 0.1) is 0 Å². The number of aryl methyl sites for hydroxylation is 1. The van der Waals surface area contributed by atoms with E-state index in [2.05, 4.69) is 21.4 Å². The van der Waals surface area contributed by atoms with Crippen LogP contribution in [0.2, 0.25) is 0 Å². The Morgan fingerprint density at radius 3 is 3.15 bits per heavy atom. The number of aromatic nitrogens is 3. The molecule has 4 nitrogen and oxygen atoms in total. The maximum absolute atomic E-state index is 5.92. The van der Waals surface area contributed by atoms with E-state index in [0.717, 1.165) is 36.5 Å². The van der Waals surface area contributed by atoms with Gasteiger partial charge in [-0.2, -0.15) is 0 Å². The highest BCUT2D eigenvalue weighted by Gasteiger charge is 2.25. The molecule has 0 aromatic carbocycles. The highest BCUT2D eigenvalue weighted by Crippen LogP contribution is 2.22. The monoisotopic (exact) mass is 292 g/mol. The van der Waals surface area contributed by atoms with Gasteiger partial charge in [-0.1, -0.05) is 6.92 Å². The van der Waals surface area contributed by atoms with E-state index >= 15 is 0 Å². The van der Waals surface area contributed by atoms with Crippen molar-refractivity contribution in [3.8, 4) is 0 Å². The Morgan fingerprint density at radius 1 is 1.45 bits per heavy atom. The second-order valence-electron chi connectivity index (χ2n) is 5.35. The number of likely N-dealkylation sites (tertiary alicyclic amines) is 1. The van der Waals surface area contributed by atoms with Crippen molar-refractivity contribution in [2.24, 2.45) is 0 Å². The maximum Gasteiger partial charge on any atom is 0.160 e. The molecule has 2 aromatic heterocycles. The normalized spacial score (nSPS) is 20.0. The third kappa shape index (κ3) is 2.54. The molecule has 108 valence electrons. The van der Waals surface area contributed by atoms with Gasteiger partial charge in [0.2, 0.25) is 0 Å². The molecule has 3 heterocycles. The standard InChI is InChI=1S/C15H21ClN4/c1-2-19-10-4-5-12(19)11-20-14(7-8-16)18-13-6-3-9-17-15(13)20/h3,6,9,12H,2,4-5,7-8,10-11H2,1H3. The molecule has 1 saturated heterocycles. The number of hydrogen-bond acceptors (Lipinski definition) is 3. The highest BCUT2D eigenvalue weighted by molar-refractivity contribution is 6.17. The number of imidazole rings is 1. The van der Waals surface area contributed by atoms with Crippen molar-refractivity contribution in [1.29, 1.82) is 0 Å². The van der Waals surface area contributed by atoms with Gasteiger partial charge in [-0.15, -0.1) is 11.6 Å². The van der Waals surface area contributed by atoms with Gasteiger partial charge in [-0.3, -0.25) is 4.90 Å². The zero-order valence-electron chi connectivity index (χ0n) is 11.9. The summed E-state index contributed by atoms with van der Waals surface area (Å²) in [5.41, 5.74) is 1.98. The smallest absolute Gasteiger partial charge is 0.160 e. The summed E-state index contributed by atoms with van der Waals surface area (Å²) < 4.78 is 2.27. The fourth-order valence-corrected chi connectivity index (χ4v) is 3.37. The molecule has 0 spiro atoms. The first kappa shape index (κ1) is 13.8. The van der Waals surface area contributed by atoms with E-state index in [1.165, 1.54) is 19.4 Å². The number of hydrogen-bond donors (Lipinski definition) is 0. The van der Waals surface area contributed by atoms with Crippen LogP contribution in [0.4, 0.5) is 0 Å². The largest absolute Gasteiger partial charge is 0.311 e. The van der Waals surface area contributed by atoms with Crippen LogP contribution in [-0.4, -0.2) is 44.4 Å². The van der Waals surface area contributed by atoms with Gasteiger partial charge in [0.05, 0.1) is 0 Å². The van der Waals surface area contributed by atoms with Crippen molar-refractivity contribution in [1.82, 2.24) is 19.4 Å². The molecule has 0 bridgehead atoms. The number of halogens is 1. The summed E-state index contributed by atoms with van der Waals surface area (Å²) in [6.45, 7) is 5.55. The molecule has 5 heteroatoms. The van der Waals surface area contributed by atoms with E-state index in [-0.39, 0.29) is 0 Å². The predicted molar refractivity (Wildman–Crippen MR) is 82.2 cm³/mol. The van der Waals surface area contributed by atoms with Gasteiger partial charge in [0.15, 0.2) is 5.65 Å². The summed E-state index contributed by atoms with van der Waals surface area (Å²) in [5, 5.41) is 0. The second kappa shape index (κ2) is 6.10. The highest BCUT2D eigenvalue weighted by atomic mass is 35.5. The Morgan fingerprint density at radius 2 is 2.35 bits per heavy atom. The third-order valence-corrected chi connectivity index (χ3v) is 4.39. The van der Waals surface area contributed by atoms with E-state index in [1.807, 2.05) is 18.3 Å². The molecule has 2 aromatic rings. The first-order valence-corrected chi connectivity index (χ1v) is 7.97. The van der Waals surface area contributed by atoms with Crippen LogP contribution < -0.4 is 0 Å². The number of nitrogens with zero attached hydrogens (tertiary/aromatic N) is 4. The van der Waals surface area contributed by atoms with Crippen molar-refractivity contribution < 1.29 is 0 Å². The Bertz CT molecular complexity index is 580. The summed E-state index contributed by atoms with van der Waals surface area (Å²) in [7, 11) is 0. The second-order valence-corrected chi connectivity index (χ2v) is 5.73. The molecule has 0 aliphatic carbocycles. The van der Waals surface area contributed by atoms with Gasteiger partial charge < -0.3 is 4.57 Å². The summed E-state index contributed by atoms with van der Waals surface area (Å²) in [5.74, 6) is 1.67. The molecular weight excluding hydrogens is 272 g/mol. The van der Waals surface area contributed by atoms with Gasteiger partial charge in [-0.25, -0.2) is 9.97 Å². The van der Waals surface area contributed by atoms with Gasteiger partial charge in [0, 0.05) is 31.1 Å². The van der Waals surface area contributed by atoms with Crippen molar-refractivity contribution in [2.45, 2.75) is 38.8 Å². The zero-order valence-corrected chi connectivity index (χ0v) is 12.7. The van der Waals surface area contributed by atoms with E-state index in [4.69, 9.17) is 16.6 Å². The van der Waals surface area contributed by atoms with Crippen LogP contribution in [0.15, 0.2) is 18.3 Å². The average molecular weight is 293 g/mol. The SMILES string of the molecule is CCN1CCCC1Cn1c(CCCl)nc2cccnc21. The number of fused-ring (bicyclic) bond motifs is 1. The molecule has 1 aliphatic heterocycles. The first-order chi connectivity index (χ1) is 9.83. The first-order valence-electron chi connectivity index (χ1n) is 7.43. The molecule has 3 rings (SSSR count). The van der Waals surface area contributed by atoms with Crippen molar-refractivity contribution >= 4 is 22.8 Å². The molecule has 1 fully saturated rings. The molecular formula is C15H21ClN4. The summed E-state index contributed by atoms with van der Waals surface area (Å²) in [6, 6.07) is 4.58. The molecule has 1 aliphatic rings. The van der Waals surface area contributed by atoms with Crippen LogP contribution in [0.5, 0.6) is 0 Å². The summed E-state index contributed by atoms with van der Waals surface area (Å²) in [6.07, 6.45) is 5.21. The number of pyridine rings is 1. The topological polar surface area (TPSA) is 34.0 Å². The molecule has 1 atom stereocenters. The molecule has 0 N–H and O–H groups in total. The lowest BCUT2D eigenvalue weighted by Gasteiger charge is -2.24. The lowest BCUT2D eigenvalue weighted by Crippen LogP contribution is -2.33. The minimum absolute atomic E-state index is 0.603. The summed E-state index contributed by atoms with van der Waals surface area (Å²) in [4.78, 5) is 11.8. The van der Waals surface area contributed by atoms with Crippen molar-refractivity contribution in [2.75, 3.05) is 19.0 Å². The van der Waals surface area contributed by atoms with Gasteiger partial charge >= 0.3 is 0 Å². The minimum atomic E-state index is 0.603. The lowest BCUT2D eigenvalue weighted by molar-refractivity contribution is 0.244. The van der Waals surface area contributed by atoms with Crippen molar-refractivity contribution in [3.05, 3.63) is 24.2 Å². The molecule has 1 unspecified atom stereocenters. The van der Waals surface area contributed by atoms with Crippen LogP contribution in [-0.2, 0) is 13.0 Å². The Kier molecular flexibility index (Phi) is 4.22. The van der Waals surface area contributed by atoms with Crippen molar-refractivity contribution in [3.63, 3.8) is 0 Å². The van der Waals surface area contributed by atoms with Crippen LogP contribution in [0.25, 0.3) is 11.2 Å². The Balaban J connectivity index is 1.94. The van der Waals surface area contributed by atoms with Crippen LogP contribution >= 0.6 is 11.6 Å².